The molecule has 0 N–H and O–H groups in total. The smallest absolute Gasteiger partial charge is 0.204 e. The van der Waals surface area contributed by atoms with Crippen molar-refractivity contribution in [3.8, 4) is 62.9 Å². The third-order valence-electron chi connectivity index (χ3n) is 10.9. The molecule has 10 nitrogen and oxygen atoms in total. The van der Waals surface area contributed by atoms with Crippen molar-refractivity contribution in [1.29, 1.82) is 0 Å². The van der Waals surface area contributed by atoms with Gasteiger partial charge in [0.25, 0.3) is 0 Å². The van der Waals surface area contributed by atoms with Crippen LogP contribution in [0, 0.1) is 0 Å². The van der Waals surface area contributed by atoms with E-state index in [1.807, 2.05) is 18.2 Å². The molecule has 4 aromatic carbocycles. The van der Waals surface area contributed by atoms with E-state index >= 15 is 0 Å². The standard InChI is InChI=1S/C41H48N2O8/c1-42-16-14-24-19-32(44-3)33(45-4)21-27(24)30(42)18-23-10-12-25(13-11-23)51-38-29-20-31-35-26(15-17-43(31)2)37(47-6)41(50-9)40(49-8)36(35)28(29)22-34(46-5)39(38)48-7/h10-13,19,21-22,30-31H,14-18,20H2,1-9H3/t30-,31?/m0/s1. The molecule has 3 aliphatic rings. The molecule has 1 unspecified atom stereocenters. The molecule has 10 heteroatoms. The van der Waals surface area contributed by atoms with E-state index in [0.717, 1.165) is 71.9 Å². The highest BCUT2D eigenvalue weighted by molar-refractivity contribution is 5.89. The number of ether oxygens (including phenoxy) is 8. The highest BCUT2D eigenvalue weighted by Gasteiger charge is 2.41. The van der Waals surface area contributed by atoms with Gasteiger partial charge >= 0.3 is 0 Å². The van der Waals surface area contributed by atoms with Crippen LogP contribution >= 0.6 is 0 Å². The van der Waals surface area contributed by atoms with Gasteiger partial charge in [0.15, 0.2) is 34.5 Å². The van der Waals surface area contributed by atoms with E-state index in [1.165, 1.54) is 22.3 Å². The van der Waals surface area contributed by atoms with Crippen molar-refractivity contribution in [1.82, 2.24) is 9.80 Å². The molecule has 2 aliphatic heterocycles. The summed E-state index contributed by atoms with van der Waals surface area (Å²) in [7, 11) is 16.0. The number of likely N-dealkylation sites (N-methyl/N-ethyl adjacent to an activating group) is 2. The molecule has 0 saturated carbocycles. The molecular weight excluding hydrogens is 648 g/mol. The number of methoxy groups -OCH3 is 7. The zero-order chi connectivity index (χ0) is 36.0. The van der Waals surface area contributed by atoms with Crippen LogP contribution in [-0.4, -0.2) is 86.8 Å². The first-order valence-corrected chi connectivity index (χ1v) is 17.3. The van der Waals surface area contributed by atoms with Crippen LogP contribution in [0.15, 0.2) is 42.5 Å². The molecular formula is C41H48N2O8. The lowest BCUT2D eigenvalue weighted by molar-refractivity contribution is 0.220. The van der Waals surface area contributed by atoms with Crippen LogP contribution in [0.2, 0.25) is 0 Å². The maximum absolute atomic E-state index is 6.82. The topological polar surface area (TPSA) is 80.3 Å². The second-order valence-corrected chi connectivity index (χ2v) is 13.4. The van der Waals surface area contributed by atoms with Crippen LogP contribution in [0.5, 0.6) is 51.7 Å². The lowest BCUT2D eigenvalue weighted by Gasteiger charge is -2.41. The Morgan fingerprint density at radius 3 is 1.90 bits per heavy atom. The molecule has 0 fully saturated rings. The quantitative estimate of drug-likeness (QED) is 0.163. The van der Waals surface area contributed by atoms with Crippen LogP contribution in [0.25, 0.3) is 11.1 Å². The van der Waals surface area contributed by atoms with Gasteiger partial charge in [-0.15, -0.1) is 0 Å². The van der Waals surface area contributed by atoms with Gasteiger partial charge in [-0.1, -0.05) is 12.1 Å². The third kappa shape index (κ3) is 5.74. The number of hydrogen-bond acceptors (Lipinski definition) is 10. The average Bonchev–Trinajstić information content (AvgIpc) is 3.16. The summed E-state index contributed by atoms with van der Waals surface area (Å²) in [4.78, 5) is 4.80. The van der Waals surface area contributed by atoms with Crippen molar-refractivity contribution in [2.75, 3.05) is 77.0 Å². The lowest BCUT2D eigenvalue weighted by atomic mass is 9.75. The fourth-order valence-corrected chi connectivity index (χ4v) is 8.33. The minimum absolute atomic E-state index is 0.0711. The van der Waals surface area contributed by atoms with Crippen molar-refractivity contribution in [2.45, 2.75) is 37.8 Å². The Bertz CT molecular complexity index is 1940. The SMILES string of the molecule is COc1cc2c(cc1OC)[C@H](Cc1ccc(Oc3c4c(cc(OC)c3OC)-c3c(OC)c(OC)c(OC)c5c3C(C4)N(C)CC5)cc1)N(C)CC2. The molecule has 0 radical (unpaired) electrons. The largest absolute Gasteiger partial charge is 0.493 e. The van der Waals surface area contributed by atoms with Gasteiger partial charge in [0.05, 0.1) is 49.8 Å². The number of fused-ring (bicyclic) bond motifs is 3. The Kier molecular flexibility index (Phi) is 9.56. The van der Waals surface area contributed by atoms with Gasteiger partial charge in [-0.05, 0) is 97.9 Å². The Labute approximate surface area is 300 Å². The van der Waals surface area contributed by atoms with Gasteiger partial charge in [0.1, 0.15) is 5.75 Å². The molecule has 0 saturated heterocycles. The zero-order valence-corrected chi connectivity index (χ0v) is 31.1. The van der Waals surface area contributed by atoms with Gasteiger partial charge < -0.3 is 37.9 Å². The fraction of sp³-hybridized carbons (Fsp3) is 0.415. The monoisotopic (exact) mass is 696 g/mol. The maximum atomic E-state index is 6.82. The molecule has 51 heavy (non-hydrogen) atoms. The first-order valence-electron chi connectivity index (χ1n) is 17.3. The molecule has 0 aromatic heterocycles. The normalized spacial score (nSPS) is 17.8. The van der Waals surface area contributed by atoms with Crippen molar-refractivity contribution in [3.63, 3.8) is 0 Å². The highest BCUT2D eigenvalue weighted by atomic mass is 16.5. The summed E-state index contributed by atoms with van der Waals surface area (Å²) in [6, 6.07) is 14.9. The molecule has 7 rings (SSSR count). The van der Waals surface area contributed by atoms with E-state index < -0.39 is 0 Å². The lowest BCUT2D eigenvalue weighted by Crippen LogP contribution is -2.36. The van der Waals surface area contributed by atoms with Gasteiger partial charge in [-0.25, -0.2) is 0 Å². The molecule has 0 bridgehead atoms. The van der Waals surface area contributed by atoms with Crippen molar-refractivity contribution >= 4 is 0 Å². The van der Waals surface area contributed by atoms with Gasteiger partial charge in [-0.2, -0.15) is 0 Å². The van der Waals surface area contributed by atoms with Gasteiger partial charge in [0, 0.05) is 41.9 Å². The van der Waals surface area contributed by atoms with E-state index in [4.69, 9.17) is 37.9 Å². The second-order valence-electron chi connectivity index (χ2n) is 13.4. The molecule has 4 aromatic rings. The molecule has 0 spiro atoms. The summed E-state index contributed by atoms with van der Waals surface area (Å²) < 4.78 is 48.0. The van der Waals surface area contributed by atoms with E-state index in [1.54, 1.807) is 49.8 Å². The summed E-state index contributed by atoms with van der Waals surface area (Å²) in [6.45, 7) is 1.85. The molecule has 270 valence electrons. The van der Waals surface area contributed by atoms with Crippen molar-refractivity contribution < 1.29 is 37.9 Å². The Balaban J connectivity index is 1.28. The Morgan fingerprint density at radius 2 is 1.25 bits per heavy atom. The predicted molar refractivity (Wildman–Crippen MR) is 196 cm³/mol. The summed E-state index contributed by atoms with van der Waals surface area (Å²) in [6.07, 6.45) is 3.35. The van der Waals surface area contributed by atoms with Crippen LogP contribution in [0.3, 0.4) is 0 Å². The van der Waals surface area contributed by atoms with E-state index in [2.05, 4.69) is 48.2 Å². The summed E-state index contributed by atoms with van der Waals surface area (Å²) in [5.41, 5.74) is 9.07. The maximum Gasteiger partial charge on any atom is 0.204 e. The van der Waals surface area contributed by atoms with Gasteiger partial charge in [0.2, 0.25) is 11.5 Å². The molecule has 1 aliphatic carbocycles. The number of rotatable bonds is 11. The Morgan fingerprint density at radius 1 is 0.608 bits per heavy atom. The predicted octanol–water partition coefficient (Wildman–Crippen LogP) is 7.06. The number of hydrogen-bond donors (Lipinski definition) is 0. The fourth-order valence-electron chi connectivity index (χ4n) is 8.33. The molecule has 0 amide bonds. The van der Waals surface area contributed by atoms with Crippen molar-refractivity contribution in [3.05, 3.63) is 75.8 Å². The summed E-state index contributed by atoms with van der Waals surface area (Å²) in [5.74, 6) is 5.92. The molecule has 2 heterocycles. The minimum Gasteiger partial charge on any atom is -0.493 e. The van der Waals surface area contributed by atoms with Crippen LogP contribution in [0.1, 0.15) is 45.5 Å². The zero-order valence-electron chi connectivity index (χ0n) is 31.1. The van der Waals surface area contributed by atoms with Crippen LogP contribution in [0.4, 0.5) is 0 Å². The third-order valence-corrected chi connectivity index (χ3v) is 10.9. The van der Waals surface area contributed by atoms with E-state index in [0.29, 0.717) is 40.9 Å². The first kappa shape index (κ1) is 34.6. The van der Waals surface area contributed by atoms with E-state index in [9.17, 15) is 0 Å². The Hall–Kier alpha value is -4.80. The number of benzene rings is 4. The first-order chi connectivity index (χ1) is 24.8. The van der Waals surface area contributed by atoms with Crippen molar-refractivity contribution in [2.24, 2.45) is 0 Å². The highest BCUT2D eigenvalue weighted by Crippen LogP contribution is 2.60. The molecule has 2 atom stereocenters. The average molecular weight is 697 g/mol. The minimum atomic E-state index is 0.0711. The van der Waals surface area contributed by atoms with Gasteiger partial charge in [-0.3, -0.25) is 9.80 Å². The summed E-state index contributed by atoms with van der Waals surface area (Å²) in [5, 5.41) is 0. The second kappa shape index (κ2) is 14.1. The van der Waals surface area contributed by atoms with Crippen LogP contribution in [-0.2, 0) is 25.7 Å². The summed E-state index contributed by atoms with van der Waals surface area (Å²) >= 11 is 0. The van der Waals surface area contributed by atoms with Crippen LogP contribution < -0.4 is 37.9 Å². The number of nitrogens with zero attached hydrogens (tertiary/aromatic N) is 2. The van der Waals surface area contributed by atoms with E-state index in [-0.39, 0.29) is 12.1 Å².